The normalized spacial score (nSPS) is 10.0. The van der Waals surface area contributed by atoms with Gasteiger partial charge in [-0.2, -0.15) is 0 Å². The SMILES string of the molecule is Nc1ccc(C(=O)OCC(=O)Nc2ccc([N+](=O)[O-])cc2Br)cc1. The molecule has 3 N–H and O–H groups in total. The molecule has 0 aromatic heterocycles. The molecule has 0 atom stereocenters. The van der Waals surface area contributed by atoms with Crippen molar-refractivity contribution in [3.05, 3.63) is 62.6 Å². The minimum absolute atomic E-state index is 0.116. The summed E-state index contributed by atoms with van der Waals surface area (Å²) in [7, 11) is 0. The Morgan fingerprint density at radius 2 is 1.88 bits per heavy atom. The number of nitrogens with zero attached hydrogens (tertiary/aromatic N) is 1. The molecular weight excluding hydrogens is 382 g/mol. The summed E-state index contributed by atoms with van der Waals surface area (Å²) in [5, 5.41) is 13.1. The summed E-state index contributed by atoms with van der Waals surface area (Å²) < 4.78 is 5.23. The van der Waals surface area contributed by atoms with Gasteiger partial charge in [-0.25, -0.2) is 4.79 Å². The van der Waals surface area contributed by atoms with Crippen LogP contribution in [0.3, 0.4) is 0 Å². The van der Waals surface area contributed by atoms with Gasteiger partial charge in [0.15, 0.2) is 6.61 Å². The zero-order valence-corrected chi connectivity index (χ0v) is 13.8. The van der Waals surface area contributed by atoms with Crippen molar-refractivity contribution >= 4 is 44.9 Å². The van der Waals surface area contributed by atoms with E-state index in [1.54, 1.807) is 12.1 Å². The minimum Gasteiger partial charge on any atom is -0.452 e. The first-order valence-corrected chi connectivity index (χ1v) is 7.42. The topological polar surface area (TPSA) is 125 Å². The summed E-state index contributed by atoms with van der Waals surface area (Å²) in [4.78, 5) is 33.7. The van der Waals surface area contributed by atoms with Crippen LogP contribution < -0.4 is 11.1 Å². The van der Waals surface area contributed by atoms with E-state index in [2.05, 4.69) is 21.2 Å². The predicted octanol–water partition coefficient (Wildman–Crippen LogP) is 2.74. The van der Waals surface area contributed by atoms with Crippen molar-refractivity contribution in [2.45, 2.75) is 0 Å². The molecule has 0 saturated carbocycles. The number of halogens is 1. The third kappa shape index (κ3) is 4.53. The standard InChI is InChI=1S/C15H12BrN3O5/c16-12-7-11(19(22)23)5-6-13(12)18-14(20)8-24-15(21)9-1-3-10(17)4-2-9/h1-7H,8,17H2,(H,18,20). The highest BCUT2D eigenvalue weighted by atomic mass is 79.9. The Morgan fingerprint density at radius 1 is 1.21 bits per heavy atom. The number of non-ortho nitro benzene ring substituents is 1. The number of hydrogen-bond acceptors (Lipinski definition) is 6. The number of hydrogen-bond donors (Lipinski definition) is 2. The predicted molar refractivity (Wildman–Crippen MR) is 90.6 cm³/mol. The summed E-state index contributed by atoms with van der Waals surface area (Å²) in [5.74, 6) is -1.23. The van der Waals surface area contributed by atoms with Crippen molar-refractivity contribution in [2.24, 2.45) is 0 Å². The van der Waals surface area contributed by atoms with E-state index >= 15 is 0 Å². The summed E-state index contributed by atoms with van der Waals surface area (Å²) >= 11 is 3.13. The highest BCUT2D eigenvalue weighted by Crippen LogP contribution is 2.27. The molecular formula is C15H12BrN3O5. The lowest BCUT2D eigenvalue weighted by Gasteiger charge is -2.08. The molecule has 0 saturated heterocycles. The number of nitrogens with one attached hydrogen (secondary N) is 1. The lowest BCUT2D eigenvalue weighted by molar-refractivity contribution is -0.384. The Balaban J connectivity index is 1.92. The molecule has 2 aromatic rings. The van der Waals surface area contributed by atoms with Crippen LogP contribution in [0.1, 0.15) is 10.4 Å². The van der Waals surface area contributed by atoms with Crippen LogP contribution in [0.2, 0.25) is 0 Å². The van der Waals surface area contributed by atoms with E-state index in [9.17, 15) is 19.7 Å². The van der Waals surface area contributed by atoms with Crippen molar-refractivity contribution in [1.82, 2.24) is 0 Å². The highest BCUT2D eigenvalue weighted by molar-refractivity contribution is 9.10. The molecule has 2 rings (SSSR count). The first kappa shape index (κ1) is 17.4. The zero-order chi connectivity index (χ0) is 17.7. The quantitative estimate of drug-likeness (QED) is 0.348. The summed E-state index contributed by atoms with van der Waals surface area (Å²) in [6.07, 6.45) is 0. The number of anilines is 2. The van der Waals surface area contributed by atoms with Gasteiger partial charge in [0.05, 0.1) is 16.2 Å². The maximum Gasteiger partial charge on any atom is 0.338 e. The van der Waals surface area contributed by atoms with Crippen LogP contribution in [-0.4, -0.2) is 23.4 Å². The van der Waals surface area contributed by atoms with Crippen LogP contribution in [0, 0.1) is 10.1 Å². The summed E-state index contributed by atoms with van der Waals surface area (Å²) in [6, 6.07) is 9.96. The van der Waals surface area contributed by atoms with E-state index in [1.807, 2.05) is 0 Å². The Kier molecular flexibility index (Phi) is 5.48. The minimum atomic E-state index is -0.659. The third-order valence-electron chi connectivity index (χ3n) is 2.92. The Hall–Kier alpha value is -2.94. The van der Waals surface area contributed by atoms with Crippen molar-refractivity contribution in [3.63, 3.8) is 0 Å². The van der Waals surface area contributed by atoms with Gasteiger partial charge in [-0.3, -0.25) is 14.9 Å². The van der Waals surface area contributed by atoms with Gasteiger partial charge >= 0.3 is 5.97 Å². The molecule has 0 fully saturated rings. The molecule has 0 unspecified atom stereocenters. The number of benzene rings is 2. The van der Waals surface area contributed by atoms with Crippen molar-refractivity contribution in [3.8, 4) is 0 Å². The smallest absolute Gasteiger partial charge is 0.338 e. The van der Waals surface area contributed by atoms with Crippen LogP contribution in [0.4, 0.5) is 17.1 Å². The zero-order valence-electron chi connectivity index (χ0n) is 12.2. The van der Waals surface area contributed by atoms with Crippen LogP contribution in [-0.2, 0) is 9.53 Å². The van der Waals surface area contributed by atoms with E-state index in [4.69, 9.17) is 10.5 Å². The lowest BCUT2D eigenvalue weighted by atomic mass is 10.2. The fraction of sp³-hybridized carbons (Fsp3) is 0.0667. The average molecular weight is 394 g/mol. The molecule has 0 heterocycles. The molecule has 0 aliphatic carbocycles. The Labute approximate surface area is 144 Å². The number of esters is 1. The second kappa shape index (κ2) is 7.55. The van der Waals surface area contributed by atoms with Gasteiger partial charge in [0, 0.05) is 22.3 Å². The lowest BCUT2D eigenvalue weighted by Crippen LogP contribution is -2.21. The maximum absolute atomic E-state index is 11.8. The number of nitrogen functional groups attached to an aromatic ring is 1. The molecule has 1 amide bonds. The monoisotopic (exact) mass is 393 g/mol. The number of carbonyl (C=O) groups is 2. The average Bonchev–Trinajstić information content (AvgIpc) is 2.55. The number of nitro benzene ring substituents is 1. The molecule has 0 aliphatic rings. The van der Waals surface area contributed by atoms with E-state index in [0.29, 0.717) is 15.8 Å². The number of nitrogens with two attached hydrogens (primary N) is 1. The van der Waals surface area contributed by atoms with Gasteiger partial charge in [0.2, 0.25) is 0 Å². The molecule has 0 radical (unpaired) electrons. The number of carbonyl (C=O) groups excluding carboxylic acids is 2. The van der Waals surface area contributed by atoms with Crippen molar-refractivity contribution in [1.29, 1.82) is 0 Å². The molecule has 0 aliphatic heterocycles. The van der Waals surface area contributed by atoms with E-state index in [-0.39, 0.29) is 11.3 Å². The van der Waals surface area contributed by atoms with Gasteiger partial charge in [-0.15, -0.1) is 0 Å². The van der Waals surface area contributed by atoms with Crippen LogP contribution in [0.15, 0.2) is 46.9 Å². The van der Waals surface area contributed by atoms with Gasteiger partial charge in [0.1, 0.15) is 0 Å². The molecule has 24 heavy (non-hydrogen) atoms. The van der Waals surface area contributed by atoms with Crippen molar-refractivity contribution < 1.29 is 19.2 Å². The van der Waals surface area contributed by atoms with Gasteiger partial charge in [-0.1, -0.05) is 0 Å². The number of amides is 1. The Morgan fingerprint density at radius 3 is 2.46 bits per heavy atom. The number of nitro groups is 1. The number of ether oxygens (including phenoxy) is 1. The summed E-state index contributed by atoms with van der Waals surface area (Å²) in [5.41, 5.74) is 6.51. The van der Waals surface area contributed by atoms with Crippen LogP contribution >= 0.6 is 15.9 Å². The largest absolute Gasteiger partial charge is 0.452 e. The fourth-order valence-electron chi connectivity index (χ4n) is 1.74. The van der Waals surface area contributed by atoms with Crippen LogP contribution in [0.25, 0.3) is 0 Å². The molecule has 8 nitrogen and oxygen atoms in total. The van der Waals surface area contributed by atoms with E-state index in [0.717, 1.165) is 0 Å². The molecule has 0 spiro atoms. The van der Waals surface area contributed by atoms with Gasteiger partial charge in [0.25, 0.3) is 11.6 Å². The Bertz CT molecular complexity index is 792. The second-order valence-corrected chi connectivity index (χ2v) is 5.52. The molecule has 124 valence electrons. The molecule has 9 heteroatoms. The number of rotatable bonds is 5. The summed E-state index contributed by atoms with van der Waals surface area (Å²) in [6.45, 7) is -0.493. The maximum atomic E-state index is 11.8. The van der Waals surface area contributed by atoms with Gasteiger partial charge in [-0.05, 0) is 46.3 Å². The van der Waals surface area contributed by atoms with E-state index in [1.165, 1.54) is 30.3 Å². The highest BCUT2D eigenvalue weighted by Gasteiger charge is 2.13. The van der Waals surface area contributed by atoms with E-state index < -0.39 is 23.4 Å². The first-order chi connectivity index (χ1) is 11.4. The third-order valence-corrected chi connectivity index (χ3v) is 3.57. The second-order valence-electron chi connectivity index (χ2n) is 4.67. The fourth-order valence-corrected chi connectivity index (χ4v) is 2.20. The van der Waals surface area contributed by atoms with Gasteiger partial charge < -0.3 is 15.8 Å². The first-order valence-electron chi connectivity index (χ1n) is 6.63. The van der Waals surface area contributed by atoms with Crippen LogP contribution in [0.5, 0.6) is 0 Å². The molecule has 2 aromatic carbocycles. The molecule has 0 bridgehead atoms. The van der Waals surface area contributed by atoms with Crippen molar-refractivity contribution in [2.75, 3.05) is 17.7 Å².